The van der Waals surface area contributed by atoms with E-state index in [2.05, 4.69) is 40.3 Å². The molecule has 0 heterocycles. The molecule has 0 bridgehead atoms. The van der Waals surface area contributed by atoms with Gasteiger partial charge in [0.15, 0.2) is 0 Å². The first kappa shape index (κ1) is 7.01. The second-order valence-corrected chi connectivity index (χ2v) is 2.85. The third-order valence-corrected chi connectivity index (χ3v) is 1.56. The first-order valence-corrected chi connectivity index (χ1v) is 5.26. The molecule has 34 valence electrons. The van der Waals surface area contributed by atoms with Crippen molar-refractivity contribution in [2.75, 3.05) is 0 Å². The van der Waals surface area contributed by atoms with Crippen LogP contribution >= 0.6 is 30.0 Å². The van der Waals surface area contributed by atoms with Gasteiger partial charge in [-0.2, -0.15) is 0 Å². The third-order valence-electron chi connectivity index (χ3n) is 0.383. The van der Waals surface area contributed by atoms with Crippen LogP contribution in [0.5, 0.6) is 0 Å². The molecule has 0 N–H and O–H groups in total. The number of rotatable bonds is 2. The minimum atomic E-state index is 1.15. The maximum absolute atomic E-state index is 2.24. The Morgan fingerprint density at radius 1 is 2.00 bits per heavy atom. The van der Waals surface area contributed by atoms with Gasteiger partial charge in [0.1, 0.15) is 0 Å². The Morgan fingerprint density at radius 2 is 2.67 bits per heavy atom. The molecule has 0 saturated carbocycles. The van der Waals surface area contributed by atoms with Crippen molar-refractivity contribution >= 4 is 42.2 Å². The van der Waals surface area contributed by atoms with Gasteiger partial charge in [-0.25, -0.2) is 0 Å². The summed E-state index contributed by atoms with van der Waals surface area (Å²) in [5, 5.41) is 0. The third kappa shape index (κ3) is 5.01. The van der Waals surface area contributed by atoms with Crippen LogP contribution in [0, 0.1) is 0 Å². The molecule has 0 nitrogen and oxygen atoms in total. The summed E-state index contributed by atoms with van der Waals surface area (Å²) in [6, 6.07) is 0. The average molecular weight is 212 g/mol. The molecule has 0 aliphatic carbocycles. The van der Waals surface area contributed by atoms with Crippen LogP contribution in [0.3, 0.4) is 0 Å². The first-order chi connectivity index (χ1) is 2.91. The van der Waals surface area contributed by atoms with Crippen molar-refractivity contribution < 1.29 is 0 Å². The summed E-state index contributed by atoms with van der Waals surface area (Å²) >= 11 is 2.24. The Balaban J connectivity index is 2.73. The molecule has 0 amide bonds. The fraction of sp³-hybridized carbons (Fsp3) is 0.667. The summed E-state index contributed by atoms with van der Waals surface area (Å²) in [7, 11) is 1.72. The second kappa shape index (κ2) is 6.01. The average Bonchev–Trinajstić information content (AvgIpc) is 1.61. The number of hydrogen-bond donors (Lipinski definition) is 0. The van der Waals surface area contributed by atoms with Crippen molar-refractivity contribution in [3.05, 3.63) is 0 Å². The van der Waals surface area contributed by atoms with Gasteiger partial charge in [-0.05, 0) is 0 Å². The van der Waals surface area contributed by atoms with Gasteiger partial charge in [0.25, 0.3) is 0 Å². The van der Waals surface area contributed by atoms with Crippen LogP contribution in [-0.4, -0.2) is 12.2 Å². The normalized spacial score (nSPS) is 9.00. The van der Waals surface area contributed by atoms with Crippen LogP contribution in [0.1, 0.15) is 13.3 Å². The van der Waals surface area contributed by atoms with Crippen LogP contribution in [0.4, 0.5) is 0 Å². The van der Waals surface area contributed by atoms with Gasteiger partial charge in [-0.1, -0.05) is 0 Å². The second-order valence-electron chi connectivity index (χ2n) is 0.869. The standard InChI is InChI=1S/C3H6BIS/c1-2-3-4-6-5/h3H,2H2,1H3. The first-order valence-electron chi connectivity index (χ1n) is 1.84. The van der Waals surface area contributed by atoms with E-state index in [1.54, 1.807) is 8.78 Å². The van der Waals surface area contributed by atoms with Crippen LogP contribution in [0.25, 0.3) is 0 Å². The zero-order chi connectivity index (χ0) is 4.83. The summed E-state index contributed by atoms with van der Waals surface area (Å²) < 4.78 is 0. The van der Waals surface area contributed by atoms with Crippen LogP contribution < -0.4 is 0 Å². The fourth-order valence-electron chi connectivity index (χ4n) is 0.133. The van der Waals surface area contributed by atoms with Crippen molar-refractivity contribution in [1.29, 1.82) is 0 Å². The Bertz CT molecular complexity index is 40.1. The Labute approximate surface area is 55.5 Å². The van der Waals surface area contributed by atoms with Gasteiger partial charge in [0, 0.05) is 0 Å². The van der Waals surface area contributed by atoms with Crippen molar-refractivity contribution in [3.8, 4) is 0 Å². The number of halogens is 1. The van der Waals surface area contributed by atoms with Gasteiger partial charge < -0.3 is 0 Å². The quantitative estimate of drug-likeness (QED) is 0.497. The Kier molecular flexibility index (Phi) is 7.03. The van der Waals surface area contributed by atoms with Gasteiger partial charge in [0.2, 0.25) is 0 Å². The van der Waals surface area contributed by atoms with E-state index in [0.717, 1.165) is 6.42 Å². The molecular formula is C3H6BIS. The predicted molar refractivity (Wildman–Crippen MR) is 43.7 cm³/mol. The van der Waals surface area contributed by atoms with Gasteiger partial charge in [-0.3, -0.25) is 0 Å². The van der Waals surface area contributed by atoms with Crippen LogP contribution in [0.2, 0.25) is 0 Å². The number of hydrogen-bond acceptors (Lipinski definition) is 1. The van der Waals surface area contributed by atoms with Crippen molar-refractivity contribution in [3.63, 3.8) is 0 Å². The molecule has 0 aromatic heterocycles. The summed E-state index contributed by atoms with van der Waals surface area (Å²) in [4.78, 5) is 0. The SMILES string of the molecule is CCC=BSI. The molecular weight excluding hydrogens is 206 g/mol. The molecule has 0 atom stereocenters. The Morgan fingerprint density at radius 3 is 2.83 bits per heavy atom. The molecule has 0 aliphatic heterocycles. The molecule has 6 heavy (non-hydrogen) atoms. The molecule has 3 heteroatoms. The van der Waals surface area contributed by atoms with Crippen molar-refractivity contribution in [2.24, 2.45) is 0 Å². The van der Waals surface area contributed by atoms with Crippen molar-refractivity contribution in [1.82, 2.24) is 0 Å². The van der Waals surface area contributed by atoms with E-state index in [1.807, 2.05) is 0 Å². The maximum atomic E-state index is 2.24. The van der Waals surface area contributed by atoms with E-state index in [0.29, 0.717) is 0 Å². The summed E-state index contributed by atoms with van der Waals surface area (Å²) in [6.07, 6.45) is 3.23. The summed E-state index contributed by atoms with van der Waals surface area (Å²) in [6.45, 7) is 2.13. The molecule has 0 fully saturated rings. The zero-order valence-corrected chi connectivity index (χ0v) is 6.62. The molecule has 0 unspecified atom stereocenters. The van der Waals surface area contributed by atoms with Crippen LogP contribution in [-0.2, 0) is 0 Å². The zero-order valence-electron chi connectivity index (χ0n) is 3.65. The molecule has 0 spiro atoms. The van der Waals surface area contributed by atoms with Gasteiger partial charge >= 0.3 is 55.5 Å². The molecule has 0 radical (unpaired) electrons. The summed E-state index contributed by atoms with van der Waals surface area (Å²) in [5.74, 6) is 2.14. The van der Waals surface area contributed by atoms with E-state index >= 15 is 0 Å². The van der Waals surface area contributed by atoms with E-state index in [4.69, 9.17) is 0 Å². The predicted octanol–water partition coefficient (Wildman–Crippen LogP) is 1.90. The molecule has 0 aromatic carbocycles. The fourth-order valence-corrected chi connectivity index (χ4v) is 1.02. The van der Waals surface area contributed by atoms with Crippen molar-refractivity contribution in [2.45, 2.75) is 13.3 Å². The van der Waals surface area contributed by atoms with E-state index < -0.39 is 0 Å². The van der Waals surface area contributed by atoms with E-state index in [1.165, 1.54) is 0 Å². The minimum absolute atomic E-state index is 1.15. The monoisotopic (exact) mass is 212 g/mol. The van der Waals surface area contributed by atoms with Gasteiger partial charge in [0.05, 0.1) is 0 Å². The van der Waals surface area contributed by atoms with Crippen LogP contribution in [0.15, 0.2) is 0 Å². The molecule has 0 aromatic rings. The topological polar surface area (TPSA) is 0 Å². The molecule has 0 rings (SSSR count). The summed E-state index contributed by atoms with van der Waals surface area (Å²) in [5.41, 5.74) is 0. The molecule has 0 aliphatic rings. The Hall–Kier alpha value is 1.01. The molecule has 0 saturated heterocycles. The van der Waals surface area contributed by atoms with E-state index in [9.17, 15) is 0 Å². The van der Waals surface area contributed by atoms with E-state index in [-0.39, 0.29) is 0 Å². The van der Waals surface area contributed by atoms with Gasteiger partial charge in [-0.15, -0.1) is 0 Å².